The van der Waals surface area contributed by atoms with E-state index < -0.39 is 0 Å². The minimum Gasteiger partial charge on any atom is -0.497 e. The highest BCUT2D eigenvalue weighted by Crippen LogP contribution is 2.21. The van der Waals surface area contributed by atoms with E-state index in [4.69, 9.17) is 4.74 Å². The van der Waals surface area contributed by atoms with Crippen LogP contribution in [-0.4, -0.2) is 13.3 Å². The Balaban J connectivity index is 2.20. The molecule has 0 saturated heterocycles. The monoisotopic (exact) mass is 416 g/mol. The number of allylic oxidation sites excluding steroid dienone is 3. The molecule has 0 bridgehead atoms. The second-order valence-corrected chi connectivity index (χ2v) is 7.42. The van der Waals surface area contributed by atoms with E-state index in [0.29, 0.717) is 0 Å². The molecule has 0 amide bonds. The van der Waals surface area contributed by atoms with Gasteiger partial charge in [0.2, 0.25) is 0 Å². The van der Waals surface area contributed by atoms with E-state index in [-0.39, 0.29) is 6.04 Å². The summed E-state index contributed by atoms with van der Waals surface area (Å²) in [4.78, 5) is 4.64. The first-order valence-electron chi connectivity index (χ1n) is 11.2. The van der Waals surface area contributed by atoms with E-state index in [2.05, 4.69) is 73.2 Å². The summed E-state index contributed by atoms with van der Waals surface area (Å²) >= 11 is 0. The number of unbranched alkanes of at least 4 members (excludes halogenated alkanes) is 1. The van der Waals surface area contributed by atoms with Crippen molar-refractivity contribution in [2.24, 2.45) is 4.99 Å². The molecule has 3 nitrogen and oxygen atoms in total. The summed E-state index contributed by atoms with van der Waals surface area (Å²) in [6.45, 7) is 8.35. The lowest BCUT2D eigenvalue weighted by Crippen LogP contribution is -2.21. The number of methoxy groups -OCH3 is 1. The summed E-state index contributed by atoms with van der Waals surface area (Å²) in [6.07, 6.45) is 11.2. The van der Waals surface area contributed by atoms with Crippen LogP contribution in [0.5, 0.6) is 0 Å². The van der Waals surface area contributed by atoms with Crippen LogP contribution in [0.4, 0.5) is 5.69 Å². The third-order valence-electron chi connectivity index (χ3n) is 5.13. The van der Waals surface area contributed by atoms with Gasteiger partial charge in [0.1, 0.15) is 5.76 Å². The number of nitrogens with one attached hydrogen (secondary N) is 1. The molecule has 3 heteroatoms. The van der Waals surface area contributed by atoms with Gasteiger partial charge in [0, 0.05) is 24.8 Å². The van der Waals surface area contributed by atoms with Gasteiger partial charge < -0.3 is 10.1 Å². The molecule has 2 rings (SSSR count). The smallest absolute Gasteiger partial charge is 0.114 e. The quantitative estimate of drug-likeness (QED) is 0.206. The second-order valence-electron chi connectivity index (χ2n) is 7.42. The summed E-state index contributed by atoms with van der Waals surface area (Å²) in [5, 5.41) is 3.78. The fourth-order valence-electron chi connectivity index (χ4n) is 3.30. The van der Waals surface area contributed by atoms with Gasteiger partial charge in [-0.3, -0.25) is 4.99 Å². The molecular formula is C28H36N2O. The molecule has 0 spiro atoms. The zero-order valence-electron chi connectivity index (χ0n) is 19.2. The van der Waals surface area contributed by atoms with Gasteiger partial charge in [-0.05, 0) is 36.1 Å². The molecule has 0 saturated carbocycles. The number of nitrogens with zero attached hydrogens (tertiary/aromatic N) is 1. The standard InChI is InChI=1S/C28H36N2O/c1-5-7-16-27(20-19-24(6-2)23(3)31-4)30-28(25-14-10-8-11-15-25)21-22-29-26-17-12-9-13-18-26/h8-19,22,28,30H,3,5-7,20-21H2,1-2,4H3/b24-19-,27-16+,29-22?. The van der Waals surface area contributed by atoms with E-state index in [1.807, 2.05) is 36.5 Å². The maximum atomic E-state index is 5.34. The summed E-state index contributed by atoms with van der Waals surface area (Å²) < 4.78 is 5.34. The number of benzene rings is 2. The summed E-state index contributed by atoms with van der Waals surface area (Å²) in [5.41, 5.74) is 4.60. The van der Waals surface area contributed by atoms with Crippen LogP contribution in [0, 0.1) is 0 Å². The largest absolute Gasteiger partial charge is 0.497 e. The molecule has 1 N–H and O–H groups in total. The highest BCUT2D eigenvalue weighted by Gasteiger charge is 2.11. The molecule has 2 aromatic rings. The van der Waals surface area contributed by atoms with Crippen molar-refractivity contribution >= 4 is 11.9 Å². The van der Waals surface area contributed by atoms with Gasteiger partial charge in [0.15, 0.2) is 0 Å². The molecule has 0 radical (unpaired) electrons. The van der Waals surface area contributed by atoms with Crippen molar-refractivity contribution in [1.82, 2.24) is 5.32 Å². The van der Waals surface area contributed by atoms with Crippen molar-refractivity contribution in [1.29, 1.82) is 0 Å². The molecule has 164 valence electrons. The Morgan fingerprint density at radius 2 is 1.71 bits per heavy atom. The molecule has 0 aliphatic carbocycles. The predicted molar refractivity (Wildman–Crippen MR) is 134 cm³/mol. The Kier molecular flexibility index (Phi) is 10.9. The molecule has 0 aliphatic rings. The number of rotatable bonds is 13. The number of para-hydroxylation sites is 1. The third-order valence-corrected chi connectivity index (χ3v) is 5.13. The average Bonchev–Trinajstić information content (AvgIpc) is 2.82. The van der Waals surface area contributed by atoms with Gasteiger partial charge >= 0.3 is 0 Å². The Bertz CT molecular complexity index is 866. The lowest BCUT2D eigenvalue weighted by Gasteiger charge is -2.21. The van der Waals surface area contributed by atoms with E-state index in [0.717, 1.165) is 49.1 Å². The van der Waals surface area contributed by atoms with Gasteiger partial charge in [0.25, 0.3) is 0 Å². The number of hydrogen-bond donors (Lipinski definition) is 1. The van der Waals surface area contributed by atoms with Crippen LogP contribution in [0.1, 0.15) is 57.6 Å². The van der Waals surface area contributed by atoms with Crippen LogP contribution in [0.3, 0.4) is 0 Å². The van der Waals surface area contributed by atoms with E-state index in [9.17, 15) is 0 Å². The lowest BCUT2D eigenvalue weighted by molar-refractivity contribution is 0.300. The van der Waals surface area contributed by atoms with Crippen LogP contribution < -0.4 is 5.32 Å². The number of aliphatic imine (C=N–C) groups is 1. The van der Waals surface area contributed by atoms with Crippen LogP contribution >= 0.6 is 0 Å². The van der Waals surface area contributed by atoms with E-state index >= 15 is 0 Å². The first-order valence-corrected chi connectivity index (χ1v) is 11.2. The van der Waals surface area contributed by atoms with Crippen LogP contribution in [-0.2, 0) is 4.74 Å². The zero-order chi connectivity index (χ0) is 22.3. The average molecular weight is 417 g/mol. The molecule has 2 aromatic carbocycles. The highest BCUT2D eigenvalue weighted by atomic mass is 16.5. The van der Waals surface area contributed by atoms with Crippen LogP contribution in [0.2, 0.25) is 0 Å². The Hall–Kier alpha value is -3.07. The van der Waals surface area contributed by atoms with E-state index in [1.165, 1.54) is 11.3 Å². The second kappa shape index (κ2) is 14.0. The summed E-state index contributed by atoms with van der Waals surface area (Å²) in [5.74, 6) is 0.743. The maximum Gasteiger partial charge on any atom is 0.114 e. The minimum atomic E-state index is 0.154. The topological polar surface area (TPSA) is 33.6 Å². The van der Waals surface area contributed by atoms with Crippen molar-refractivity contribution < 1.29 is 4.74 Å². The molecule has 31 heavy (non-hydrogen) atoms. The van der Waals surface area contributed by atoms with Crippen LogP contribution in [0.25, 0.3) is 0 Å². The number of hydrogen-bond acceptors (Lipinski definition) is 3. The Labute approximate surface area is 188 Å². The van der Waals surface area contributed by atoms with Crippen molar-refractivity contribution in [3.05, 3.63) is 102 Å². The van der Waals surface area contributed by atoms with Gasteiger partial charge in [-0.1, -0.05) is 87.5 Å². The van der Waals surface area contributed by atoms with Crippen molar-refractivity contribution in [2.45, 2.75) is 52.0 Å². The maximum absolute atomic E-state index is 5.34. The number of ether oxygens (including phenoxy) is 1. The van der Waals surface area contributed by atoms with Crippen molar-refractivity contribution in [2.75, 3.05) is 7.11 Å². The first kappa shape index (κ1) is 24.2. The minimum absolute atomic E-state index is 0.154. The zero-order valence-corrected chi connectivity index (χ0v) is 19.2. The van der Waals surface area contributed by atoms with Gasteiger partial charge in [-0.15, -0.1) is 0 Å². The molecule has 0 heterocycles. The van der Waals surface area contributed by atoms with Crippen LogP contribution in [0.15, 0.2) is 101 Å². The van der Waals surface area contributed by atoms with Gasteiger partial charge in [0.05, 0.1) is 18.8 Å². The molecule has 1 unspecified atom stereocenters. The molecular weight excluding hydrogens is 380 g/mol. The fraction of sp³-hybridized carbons (Fsp3) is 0.321. The summed E-state index contributed by atoms with van der Waals surface area (Å²) in [6, 6.07) is 20.8. The highest BCUT2D eigenvalue weighted by molar-refractivity contribution is 5.64. The van der Waals surface area contributed by atoms with Gasteiger partial charge in [-0.2, -0.15) is 0 Å². The van der Waals surface area contributed by atoms with Crippen molar-refractivity contribution in [3.8, 4) is 0 Å². The SMILES string of the molecule is C=C(OC)/C(=C\C/C(=C\CCC)NC(CC=Nc1ccccc1)c1ccccc1)CC. The Morgan fingerprint density at radius 1 is 1.03 bits per heavy atom. The molecule has 0 fully saturated rings. The normalized spacial score (nSPS) is 13.3. The summed E-state index contributed by atoms with van der Waals surface area (Å²) in [7, 11) is 1.68. The first-order chi connectivity index (χ1) is 15.2. The third kappa shape index (κ3) is 8.67. The van der Waals surface area contributed by atoms with E-state index in [1.54, 1.807) is 7.11 Å². The Morgan fingerprint density at radius 3 is 2.32 bits per heavy atom. The predicted octanol–water partition coefficient (Wildman–Crippen LogP) is 7.68. The molecule has 0 aliphatic heterocycles. The molecule has 0 aromatic heterocycles. The molecule has 1 atom stereocenters. The van der Waals surface area contributed by atoms with Gasteiger partial charge in [-0.25, -0.2) is 0 Å². The lowest BCUT2D eigenvalue weighted by atomic mass is 10.0. The van der Waals surface area contributed by atoms with Crippen molar-refractivity contribution in [3.63, 3.8) is 0 Å². The fourth-order valence-corrected chi connectivity index (χ4v) is 3.30.